The third-order valence-corrected chi connectivity index (χ3v) is 4.30. The molecule has 2 aliphatic heterocycles. The van der Waals surface area contributed by atoms with Crippen molar-refractivity contribution in [1.29, 1.82) is 0 Å². The van der Waals surface area contributed by atoms with Crippen molar-refractivity contribution in [1.82, 2.24) is 20.2 Å². The van der Waals surface area contributed by atoms with Gasteiger partial charge in [0.1, 0.15) is 10.5 Å². The van der Waals surface area contributed by atoms with Gasteiger partial charge in [-0.05, 0) is 12.8 Å². The van der Waals surface area contributed by atoms with Crippen LogP contribution >= 0.6 is 11.3 Å². The summed E-state index contributed by atoms with van der Waals surface area (Å²) in [6, 6.07) is -1.18. The number of carbonyl (C=O) groups is 1. The second-order valence-corrected chi connectivity index (χ2v) is 6.16. The van der Waals surface area contributed by atoms with Gasteiger partial charge in [0.15, 0.2) is 0 Å². The second-order valence-electron chi connectivity index (χ2n) is 4.29. The van der Waals surface area contributed by atoms with Crippen molar-refractivity contribution in [2.75, 3.05) is 6.54 Å². The Kier molecular flexibility index (Phi) is 2.92. The van der Waals surface area contributed by atoms with E-state index in [2.05, 4.69) is 14.5 Å². The zero-order chi connectivity index (χ0) is 13.6. The molecule has 2 atom stereocenters. The van der Waals surface area contributed by atoms with Gasteiger partial charge >= 0.3 is 16.4 Å². The highest BCUT2D eigenvalue weighted by Crippen LogP contribution is 2.38. The number of hydroxylamine groups is 2. The second kappa shape index (κ2) is 4.37. The number of aromatic nitrogens is 2. The predicted octanol–water partition coefficient (Wildman–Crippen LogP) is 0.214. The van der Waals surface area contributed by atoms with Gasteiger partial charge in [-0.1, -0.05) is 0 Å². The summed E-state index contributed by atoms with van der Waals surface area (Å²) < 4.78 is 34.5. The number of nitrogens with zero attached hydrogens (tertiary/aromatic N) is 4. The minimum atomic E-state index is -4.70. The Labute approximate surface area is 112 Å². The third-order valence-electron chi connectivity index (χ3n) is 3.16. The first-order chi connectivity index (χ1) is 8.96. The summed E-state index contributed by atoms with van der Waals surface area (Å²) in [5.74, 6) is 0. The van der Waals surface area contributed by atoms with Crippen LogP contribution in [0.15, 0.2) is 5.51 Å². The molecule has 2 aliphatic rings. The van der Waals surface area contributed by atoms with Crippen LogP contribution in [0.1, 0.15) is 23.9 Å². The van der Waals surface area contributed by atoms with Crippen molar-refractivity contribution in [3.8, 4) is 0 Å². The van der Waals surface area contributed by atoms with E-state index >= 15 is 0 Å². The topological polar surface area (TPSA) is 113 Å². The number of fused-ring (bicyclic) bond motifs is 2. The summed E-state index contributed by atoms with van der Waals surface area (Å²) in [5, 5.41) is 9.10. The first-order valence-corrected chi connectivity index (χ1v) is 7.73. The SMILES string of the molecule is O=C1N2C[C@@H](CC[C@H]2c2nncs2)N1OS(=O)(=O)O. The molecule has 1 aromatic heterocycles. The summed E-state index contributed by atoms with van der Waals surface area (Å²) in [4.78, 5) is 13.6. The number of amides is 2. The lowest BCUT2D eigenvalue weighted by Crippen LogP contribution is -2.35. The normalized spacial score (nSPS) is 27.1. The molecule has 9 nitrogen and oxygen atoms in total. The lowest BCUT2D eigenvalue weighted by atomic mass is 10.0. The molecule has 2 fully saturated rings. The van der Waals surface area contributed by atoms with Crippen LogP contribution in [0, 0.1) is 0 Å². The Bertz CT molecular complexity index is 588. The average molecular weight is 306 g/mol. The van der Waals surface area contributed by atoms with E-state index in [0.29, 0.717) is 24.4 Å². The fourth-order valence-electron chi connectivity index (χ4n) is 2.42. The third kappa shape index (κ3) is 2.29. The van der Waals surface area contributed by atoms with Crippen molar-refractivity contribution >= 4 is 27.8 Å². The van der Waals surface area contributed by atoms with E-state index in [1.54, 1.807) is 5.51 Å². The van der Waals surface area contributed by atoms with Gasteiger partial charge in [-0.15, -0.1) is 25.8 Å². The Morgan fingerprint density at radius 1 is 1.47 bits per heavy atom. The molecular weight excluding hydrogens is 296 g/mol. The van der Waals surface area contributed by atoms with E-state index in [1.165, 1.54) is 16.2 Å². The molecular formula is C8H10N4O5S2. The summed E-state index contributed by atoms with van der Waals surface area (Å²) in [5.41, 5.74) is 1.58. The molecule has 3 rings (SSSR count). The Balaban J connectivity index is 1.84. The molecule has 19 heavy (non-hydrogen) atoms. The number of urea groups is 1. The maximum Gasteiger partial charge on any atom is 0.418 e. The van der Waals surface area contributed by atoms with Gasteiger partial charge in [0.05, 0.1) is 12.1 Å². The van der Waals surface area contributed by atoms with Crippen LogP contribution in [-0.4, -0.2) is 51.7 Å². The fourth-order valence-corrected chi connectivity index (χ4v) is 3.50. The summed E-state index contributed by atoms with van der Waals surface area (Å²) in [7, 11) is -4.70. The minimum absolute atomic E-state index is 0.216. The van der Waals surface area contributed by atoms with Crippen LogP contribution in [0.4, 0.5) is 4.79 Å². The summed E-state index contributed by atoms with van der Waals surface area (Å²) >= 11 is 1.34. The van der Waals surface area contributed by atoms with Crippen molar-refractivity contribution in [3.05, 3.63) is 10.5 Å². The van der Waals surface area contributed by atoms with Gasteiger partial charge in [-0.2, -0.15) is 13.5 Å². The van der Waals surface area contributed by atoms with Crippen LogP contribution in [0.2, 0.25) is 0 Å². The largest absolute Gasteiger partial charge is 0.418 e. The molecule has 1 N–H and O–H groups in total. The number of carbonyl (C=O) groups excluding carboxylic acids is 1. The molecule has 0 unspecified atom stereocenters. The maximum atomic E-state index is 12.1. The van der Waals surface area contributed by atoms with E-state index in [0.717, 1.165) is 5.06 Å². The van der Waals surface area contributed by atoms with E-state index in [-0.39, 0.29) is 12.1 Å². The zero-order valence-electron chi connectivity index (χ0n) is 9.54. The first kappa shape index (κ1) is 12.7. The number of hydrogen-bond donors (Lipinski definition) is 1. The van der Waals surface area contributed by atoms with Gasteiger partial charge in [0.2, 0.25) is 0 Å². The van der Waals surface area contributed by atoms with Crippen molar-refractivity contribution in [2.24, 2.45) is 0 Å². The van der Waals surface area contributed by atoms with Crippen molar-refractivity contribution in [3.63, 3.8) is 0 Å². The molecule has 1 aromatic rings. The van der Waals surface area contributed by atoms with Crippen LogP contribution < -0.4 is 0 Å². The van der Waals surface area contributed by atoms with E-state index in [9.17, 15) is 13.2 Å². The molecule has 0 aromatic carbocycles. The molecule has 104 valence electrons. The molecule has 2 amide bonds. The molecule has 0 aliphatic carbocycles. The van der Waals surface area contributed by atoms with Crippen LogP contribution in [-0.2, 0) is 14.7 Å². The Morgan fingerprint density at radius 2 is 2.26 bits per heavy atom. The van der Waals surface area contributed by atoms with Crippen molar-refractivity contribution < 1.29 is 22.0 Å². The number of rotatable bonds is 3. The Hall–Kier alpha value is -1.30. The number of hydrogen-bond acceptors (Lipinski definition) is 7. The van der Waals surface area contributed by atoms with E-state index in [4.69, 9.17) is 4.55 Å². The lowest BCUT2D eigenvalue weighted by molar-refractivity contribution is -0.0317. The molecule has 2 bridgehead atoms. The van der Waals surface area contributed by atoms with Gasteiger partial charge in [0.25, 0.3) is 0 Å². The summed E-state index contributed by atoms with van der Waals surface area (Å²) in [6.45, 7) is 0.346. The van der Waals surface area contributed by atoms with Crippen LogP contribution in [0.25, 0.3) is 0 Å². The first-order valence-electron chi connectivity index (χ1n) is 5.48. The highest BCUT2D eigenvalue weighted by molar-refractivity contribution is 7.80. The highest BCUT2D eigenvalue weighted by Gasteiger charge is 2.48. The van der Waals surface area contributed by atoms with Crippen molar-refractivity contribution in [2.45, 2.75) is 24.9 Å². The van der Waals surface area contributed by atoms with Gasteiger partial charge in [-0.3, -0.25) is 4.55 Å². The van der Waals surface area contributed by atoms with Gasteiger partial charge < -0.3 is 4.90 Å². The van der Waals surface area contributed by atoms with Gasteiger partial charge in [-0.25, -0.2) is 4.79 Å². The molecule has 0 radical (unpaired) electrons. The molecule has 2 saturated heterocycles. The van der Waals surface area contributed by atoms with E-state index < -0.39 is 16.4 Å². The maximum absolute atomic E-state index is 12.1. The minimum Gasteiger partial charge on any atom is -0.311 e. The molecule has 11 heteroatoms. The average Bonchev–Trinajstić information content (AvgIpc) is 2.93. The molecule has 0 spiro atoms. The smallest absolute Gasteiger partial charge is 0.311 e. The van der Waals surface area contributed by atoms with Crippen LogP contribution in [0.5, 0.6) is 0 Å². The van der Waals surface area contributed by atoms with E-state index in [1.807, 2.05) is 0 Å². The number of piperidine rings is 1. The fraction of sp³-hybridized carbons (Fsp3) is 0.625. The molecule has 0 saturated carbocycles. The lowest BCUT2D eigenvalue weighted by Gasteiger charge is -2.28. The highest BCUT2D eigenvalue weighted by atomic mass is 32.3. The monoisotopic (exact) mass is 306 g/mol. The molecule has 3 heterocycles. The summed E-state index contributed by atoms with van der Waals surface area (Å²) in [6.07, 6.45) is 1.22. The quantitative estimate of drug-likeness (QED) is 0.794. The predicted molar refractivity (Wildman–Crippen MR) is 62.2 cm³/mol. The zero-order valence-corrected chi connectivity index (χ0v) is 11.2. The standard InChI is InChI=1S/C8H10N4O5S2/c13-8-11-3-5(12(8)17-19(14,15)16)1-2-6(11)7-10-9-4-18-7/h4-6H,1-3H2,(H,14,15,16)/t5-,6+/m1/s1. The van der Waals surface area contributed by atoms with Gasteiger partial charge in [0, 0.05) is 6.54 Å². The Morgan fingerprint density at radius 3 is 2.89 bits per heavy atom. The van der Waals surface area contributed by atoms with Crippen LogP contribution in [0.3, 0.4) is 0 Å².